The van der Waals surface area contributed by atoms with Crippen LogP contribution < -0.4 is 11.1 Å². The van der Waals surface area contributed by atoms with Gasteiger partial charge in [-0.25, -0.2) is 9.97 Å². The van der Waals surface area contributed by atoms with Crippen LogP contribution in [0.5, 0.6) is 0 Å². The van der Waals surface area contributed by atoms with Crippen LogP contribution in [0.1, 0.15) is 26.0 Å². The van der Waals surface area contributed by atoms with Crippen LogP contribution in [0.2, 0.25) is 0 Å². The van der Waals surface area contributed by atoms with Gasteiger partial charge < -0.3 is 15.8 Å². The number of thiocarbonyl (C=S) groups is 1. The van der Waals surface area contributed by atoms with Crippen molar-refractivity contribution in [3.05, 3.63) is 18.1 Å². The highest BCUT2D eigenvalue weighted by Gasteiger charge is 2.37. The molecule has 1 saturated heterocycles. The Kier molecular flexibility index (Phi) is 3.26. The van der Waals surface area contributed by atoms with Gasteiger partial charge in [-0.05, 0) is 20.3 Å². The van der Waals surface area contributed by atoms with E-state index in [9.17, 15) is 0 Å². The maximum Gasteiger partial charge on any atom is 0.145 e. The molecule has 3 N–H and O–H groups in total. The lowest BCUT2D eigenvalue weighted by Gasteiger charge is -2.29. The van der Waals surface area contributed by atoms with Crippen LogP contribution in [0, 0.1) is 0 Å². The Hall–Kier alpha value is -1.27. The van der Waals surface area contributed by atoms with Crippen LogP contribution in [0.3, 0.4) is 0 Å². The number of ether oxygens (including phenoxy) is 1. The molecule has 1 aromatic rings. The Labute approximate surface area is 106 Å². The number of rotatable bonds is 3. The molecule has 1 aliphatic heterocycles. The lowest BCUT2D eigenvalue weighted by atomic mass is 9.95. The standard InChI is InChI=1S/C11H16N4OS/c1-7-11(2,3-4-16-7)15-9-6-13-8(5-14-9)10(12)17/h5-7H,3-4H2,1-2H3,(H2,12,17)(H,14,15). The fourth-order valence-electron chi connectivity index (χ4n) is 1.81. The first kappa shape index (κ1) is 12.2. The molecule has 2 unspecified atom stereocenters. The van der Waals surface area contributed by atoms with Gasteiger partial charge in [0.2, 0.25) is 0 Å². The van der Waals surface area contributed by atoms with E-state index in [1.165, 1.54) is 0 Å². The van der Waals surface area contributed by atoms with Crippen LogP contribution in [-0.4, -0.2) is 33.2 Å². The highest BCUT2D eigenvalue weighted by molar-refractivity contribution is 7.80. The minimum atomic E-state index is -0.0978. The number of aromatic nitrogens is 2. The zero-order chi connectivity index (χ0) is 12.5. The monoisotopic (exact) mass is 252 g/mol. The largest absolute Gasteiger partial charge is 0.388 e. The van der Waals surface area contributed by atoms with E-state index in [2.05, 4.69) is 29.1 Å². The zero-order valence-corrected chi connectivity index (χ0v) is 10.8. The molecule has 92 valence electrons. The van der Waals surface area contributed by atoms with Crippen molar-refractivity contribution in [2.45, 2.75) is 31.9 Å². The van der Waals surface area contributed by atoms with Gasteiger partial charge in [-0.3, -0.25) is 0 Å². The Morgan fingerprint density at radius 1 is 1.59 bits per heavy atom. The molecule has 5 nitrogen and oxygen atoms in total. The first-order valence-electron chi connectivity index (χ1n) is 5.53. The van der Waals surface area contributed by atoms with Crippen LogP contribution in [0.15, 0.2) is 12.4 Å². The second kappa shape index (κ2) is 4.54. The summed E-state index contributed by atoms with van der Waals surface area (Å²) >= 11 is 4.82. The maximum atomic E-state index is 5.55. The van der Waals surface area contributed by atoms with Gasteiger partial charge in [0.05, 0.1) is 24.0 Å². The number of hydrogen-bond donors (Lipinski definition) is 2. The maximum absolute atomic E-state index is 5.55. The van der Waals surface area contributed by atoms with Crippen molar-refractivity contribution in [2.75, 3.05) is 11.9 Å². The molecule has 2 atom stereocenters. The van der Waals surface area contributed by atoms with Crippen LogP contribution in [0.4, 0.5) is 5.82 Å². The quantitative estimate of drug-likeness (QED) is 0.785. The summed E-state index contributed by atoms with van der Waals surface area (Å²) in [5.74, 6) is 0.713. The Balaban J connectivity index is 2.11. The third kappa shape index (κ3) is 2.53. The third-order valence-electron chi connectivity index (χ3n) is 3.20. The molecule has 2 rings (SSSR count). The van der Waals surface area contributed by atoms with Crippen LogP contribution in [0.25, 0.3) is 0 Å². The molecule has 1 fully saturated rings. The predicted molar refractivity (Wildman–Crippen MR) is 70.0 cm³/mol. The summed E-state index contributed by atoms with van der Waals surface area (Å²) in [6.07, 6.45) is 4.33. The van der Waals surface area contributed by atoms with Gasteiger partial charge in [0.25, 0.3) is 0 Å². The Morgan fingerprint density at radius 3 is 2.82 bits per heavy atom. The molecule has 0 spiro atoms. The minimum absolute atomic E-state index is 0.0978. The molecule has 1 aromatic heterocycles. The van der Waals surface area contributed by atoms with Gasteiger partial charge in [0, 0.05) is 6.61 Å². The van der Waals surface area contributed by atoms with Crippen LogP contribution in [-0.2, 0) is 4.74 Å². The fraction of sp³-hybridized carbons (Fsp3) is 0.545. The van der Waals surface area contributed by atoms with Crippen molar-refractivity contribution in [3.63, 3.8) is 0 Å². The molecule has 0 aromatic carbocycles. The van der Waals surface area contributed by atoms with Crippen molar-refractivity contribution in [2.24, 2.45) is 5.73 Å². The Bertz CT molecular complexity index is 422. The lowest BCUT2D eigenvalue weighted by molar-refractivity contribution is 0.105. The molecule has 1 aliphatic rings. The summed E-state index contributed by atoms with van der Waals surface area (Å²) in [4.78, 5) is 8.65. The highest BCUT2D eigenvalue weighted by Crippen LogP contribution is 2.28. The second-order valence-electron chi connectivity index (χ2n) is 4.46. The fourth-order valence-corrected chi connectivity index (χ4v) is 1.92. The van der Waals surface area contributed by atoms with Gasteiger partial charge in [-0.2, -0.15) is 0 Å². The predicted octanol–water partition coefficient (Wildman–Crippen LogP) is 1.09. The number of hydrogen-bond acceptors (Lipinski definition) is 5. The smallest absolute Gasteiger partial charge is 0.145 e. The second-order valence-corrected chi connectivity index (χ2v) is 4.90. The van der Waals surface area contributed by atoms with E-state index in [4.69, 9.17) is 22.7 Å². The summed E-state index contributed by atoms with van der Waals surface area (Å²) in [5.41, 5.74) is 5.90. The highest BCUT2D eigenvalue weighted by atomic mass is 32.1. The number of nitrogens with one attached hydrogen (secondary N) is 1. The van der Waals surface area contributed by atoms with E-state index < -0.39 is 0 Å². The summed E-state index contributed by atoms with van der Waals surface area (Å²) in [6, 6.07) is 0. The van der Waals surface area contributed by atoms with E-state index >= 15 is 0 Å². The number of anilines is 1. The van der Waals surface area contributed by atoms with Crippen LogP contribution >= 0.6 is 12.2 Å². The number of nitrogens with zero attached hydrogens (tertiary/aromatic N) is 2. The molecule has 0 aliphatic carbocycles. The molecule has 0 amide bonds. The zero-order valence-electron chi connectivity index (χ0n) is 9.93. The van der Waals surface area contributed by atoms with E-state index in [0.717, 1.165) is 13.0 Å². The van der Waals surface area contributed by atoms with Gasteiger partial charge >= 0.3 is 0 Å². The number of nitrogens with two attached hydrogens (primary N) is 1. The van der Waals surface area contributed by atoms with E-state index in [-0.39, 0.29) is 16.6 Å². The molecule has 17 heavy (non-hydrogen) atoms. The van der Waals surface area contributed by atoms with Crippen molar-refractivity contribution >= 4 is 23.0 Å². The SMILES string of the molecule is CC1OCCC1(C)Nc1cnc(C(N)=S)cn1. The minimum Gasteiger partial charge on any atom is -0.388 e. The van der Waals surface area contributed by atoms with Crippen molar-refractivity contribution in [1.82, 2.24) is 9.97 Å². The van der Waals surface area contributed by atoms with Gasteiger partial charge in [0.15, 0.2) is 0 Å². The normalized spacial score (nSPS) is 28.0. The Morgan fingerprint density at radius 2 is 2.35 bits per heavy atom. The van der Waals surface area contributed by atoms with Crippen molar-refractivity contribution in [1.29, 1.82) is 0 Å². The lowest BCUT2D eigenvalue weighted by Crippen LogP contribution is -2.41. The summed E-state index contributed by atoms with van der Waals surface area (Å²) in [7, 11) is 0. The molecule has 6 heteroatoms. The molecular weight excluding hydrogens is 236 g/mol. The van der Waals surface area contributed by atoms with Gasteiger partial charge in [-0.1, -0.05) is 12.2 Å². The van der Waals surface area contributed by atoms with E-state index in [1.54, 1.807) is 12.4 Å². The average Bonchev–Trinajstić information content (AvgIpc) is 2.60. The van der Waals surface area contributed by atoms with E-state index in [1.807, 2.05) is 0 Å². The topological polar surface area (TPSA) is 73.1 Å². The third-order valence-corrected chi connectivity index (χ3v) is 3.41. The molecule has 0 saturated carbocycles. The molecule has 0 bridgehead atoms. The molecule has 2 heterocycles. The summed E-state index contributed by atoms with van der Waals surface area (Å²) in [6.45, 7) is 4.94. The summed E-state index contributed by atoms with van der Waals surface area (Å²) < 4.78 is 5.55. The molecule has 0 radical (unpaired) electrons. The van der Waals surface area contributed by atoms with Crippen molar-refractivity contribution in [3.8, 4) is 0 Å². The molecular formula is C11H16N4OS. The first-order valence-corrected chi connectivity index (χ1v) is 5.94. The van der Waals surface area contributed by atoms with Crippen molar-refractivity contribution < 1.29 is 4.74 Å². The van der Waals surface area contributed by atoms with E-state index in [0.29, 0.717) is 11.5 Å². The average molecular weight is 252 g/mol. The summed E-state index contributed by atoms with van der Waals surface area (Å²) in [5, 5.41) is 3.35. The first-order chi connectivity index (χ1) is 8.01. The van der Waals surface area contributed by atoms with Gasteiger partial charge in [0.1, 0.15) is 16.5 Å². The van der Waals surface area contributed by atoms with Gasteiger partial charge in [-0.15, -0.1) is 0 Å².